The molecule has 0 saturated heterocycles. The van der Waals surface area contributed by atoms with Gasteiger partial charge in [0, 0.05) is 12.1 Å². The number of hydrogen-bond acceptors (Lipinski definition) is 2. The van der Waals surface area contributed by atoms with Crippen molar-refractivity contribution in [2.75, 3.05) is 0 Å². The van der Waals surface area contributed by atoms with Crippen molar-refractivity contribution in [3.63, 3.8) is 0 Å². The van der Waals surface area contributed by atoms with Crippen LogP contribution in [0, 0.1) is 5.41 Å². The third-order valence-electron chi connectivity index (χ3n) is 0.938. The van der Waals surface area contributed by atoms with Crippen molar-refractivity contribution in [2.24, 2.45) is 4.99 Å². The molecule has 0 amide bonds. The standard InChI is InChI=1S/C7H14N2/c1-6(2)9-7(3)4-5-8/h5,7-8H,4H2,1-3H3. The van der Waals surface area contributed by atoms with Crippen LogP contribution in [0.4, 0.5) is 0 Å². The summed E-state index contributed by atoms with van der Waals surface area (Å²) in [5, 5.41) is 6.78. The van der Waals surface area contributed by atoms with Crippen LogP contribution >= 0.6 is 0 Å². The van der Waals surface area contributed by atoms with Gasteiger partial charge in [-0.25, -0.2) is 0 Å². The fourth-order valence-corrected chi connectivity index (χ4v) is 0.664. The molecule has 0 aromatic rings. The first kappa shape index (κ1) is 8.34. The second kappa shape index (κ2) is 4.24. The highest BCUT2D eigenvalue weighted by atomic mass is 14.8. The van der Waals surface area contributed by atoms with Gasteiger partial charge in [-0.2, -0.15) is 0 Å². The lowest BCUT2D eigenvalue weighted by Crippen LogP contribution is -2.00. The van der Waals surface area contributed by atoms with Gasteiger partial charge in [0.25, 0.3) is 0 Å². The van der Waals surface area contributed by atoms with Crippen LogP contribution in [-0.2, 0) is 0 Å². The molecule has 9 heavy (non-hydrogen) atoms. The van der Waals surface area contributed by atoms with Crippen molar-refractivity contribution in [3.8, 4) is 0 Å². The Bertz CT molecular complexity index is 112. The van der Waals surface area contributed by atoms with Crippen LogP contribution in [0.15, 0.2) is 4.99 Å². The minimum Gasteiger partial charge on any atom is -0.313 e. The van der Waals surface area contributed by atoms with Gasteiger partial charge in [-0.3, -0.25) is 4.99 Å². The van der Waals surface area contributed by atoms with Gasteiger partial charge in [0.1, 0.15) is 0 Å². The van der Waals surface area contributed by atoms with Crippen molar-refractivity contribution in [1.29, 1.82) is 5.41 Å². The average molecular weight is 126 g/mol. The van der Waals surface area contributed by atoms with Gasteiger partial charge in [-0.1, -0.05) is 0 Å². The summed E-state index contributed by atoms with van der Waals surface area (Å²) in [6.07, 6.45) is 2.16. The zero-order valence-corrected chi connectivity index (χ0v) is 6.31. The fraction of sp³-hybridized carbons (Fsp3) is 0.714. The molecule has 2 nitrogen and oxygen atoms in total. The van der Waals surface area contributed by atoms with E-state index in [2.05, 4.69) is 4.99 Å². The maximum atomic E-state index is 6.78. The Hall–Kier alpha value is -0.660. The maximum absolute atomic E-state index is 6.78. The lowest BCUT2D eigenvalue weighted by atomic mass is 10.2. The molecule has 52 valence electrons. The highest BCUT2D eigenvalue weighted by molar-refractivity contribution is 5.79. The summed E-state index contributed by atoms with van der Waals surface area (Å²) < 4.78 is 0. The number of rotatable bonds is 3. The molecule has 0 aliphatic rings. The Balaban J connectivity index is 3.61. The van der Waals surface area contributed by atoms with Gasteiger partial charge >= 0.3 is 0 Å². The largest absolute Gasteiger partial charge is 0.313 e. The van der Waals surface area contributed by atoms with E-state index in [4.69, 9.17) is 5.41 Å². The van der Waals surface area contributed by atoms with Gasteiger partial charge in [-0.15, -0.1) is 0 Å². The highest BCUT2D eigenvalue weighted by Crippen LogP contribution is 1.93. The summed E-state index contributed by atoms with van der Waals surface area (Å²) in [6.45, 7) is 5.96. The molecule has 0 aliphatic carbocycles. The van der Waals surface area contributed by atoms with Gasteiger partial charge in [0.2, 0.25) is 0 Å². The van der Waals surface area contributed by atoms with E-state index in [0.717, 1.165) is 12.1 Å². The third kappa shape index (κ3) is 5.21. The molecule has 0 radical (unpaired) electrons. The van der Waals surface area contributed by atoms with Gasteiger partial charge in [0.15, 0.2) is 0 Å². The van der Waals surface area contributed by atoms with Crippen LogP contribution < -0.4 is 0 Å². The second-order valence-corrected chi connectivity index (χ2v) is 2.37. The second-order valence-electron chi connectivity index (χ2n) is 2.37. The third-order valence-corrected chi connectivity index (χ3v) is 0.938. The van der Waals surface area contributed by atoms with Crippen molar-refractivity contribution in [1.82, 2.24) is 0 Å². The monoisotopic (exact) mass is 126 g/mol. The summed E-state index contributed by atoms with van der Waals surface area (Å²) >= 11 is 0. The summed E-state index contributed by atoms with van der Waals surface area (Å²) in [5.41, 5.74) is 1.09. The fourth-order valence-electron chi connectivity index (χ4n) is 0.664. The molecule has 2 heteroatoms. The molecule has 0 rings (SSSR count). The molecule has 0 saturated carbocycles. The van der Waals surface area contributed by atoms with E-state index in [-0.39, 0.29) is 6.04 Å². The molecule has 1 N–H and O–H groups in total. The Labute approximate surface area is 56.5 Å². The van der Waals surface area contributed by atoms with Crippen LogP contribution in [0.25, 0.3) is 0 Å². The molecule has 0 heterocycles. The molecule has 1 atom stereocenters. The first-order chi connectivity index (χ1) is 4.16. The van der Waals surface area contributed by atoms with E-state index in [1.54, 1.807) is 0 Å². The van der Waals surface area contributed by atoms with Gasteiger partial charge in [-0.05, 0) is 27.0 Å². The van der Waals surface area contributed by atoms with Gasteiger partial charge in [0.05, 0.1) is 6.04 Å². The Morgan fingerprint density at radius 3 is 2.56 bits per heavy atom. The Morgan fingerprint density at radius 2 is 2.22 bits per heavy atom. The van der Waals surface area contributed by atoms with Crippen LogP contribution in [0.2, 0.25) is 0 Å². The average Bonchev–Trinajstić information content (AvgIpc) is 1.63. The molecule has 0 spiro atoms. The minimum absolute atomic E-state index is 0.285. The summed E-state index contributed by atoms with van der Waals surface area (Å²) in [7, 11) is 0. The first-order valence-electron chi connectivity index (χ1n) is 3.16. The first-order valence-corrected chi connectivity index (χ1v) is 3.16. The van der Waals surface area contributed by atoms with Crippen LogP contribution in [0.3, 0.4) is 0 Å². The summed E-state index contributed by atoms with van der Waals surface area (Å²) in [4.78, 5) is 4.23. The van der Waals surface area contributed by atoms with E-state index >= 15 is 0 Å². The predicted molar refractivity (Wildman–Crippen MR) is 41.6 cm³/mol. The van der Waals surface area contributed by atoms with Crippen LogP contribution in [-0.4, -0.2) is 18.0 Å². The summed E-state index contributed by atoms with van der Waals surface area (Å²) in [6, 6.07) is 0.285. The zero-order valence-electron chi connectivity index (χ0n) is 6.31. The number of hydrogen-bond donors (Lipinski definition) is 1. The van der Waals surface area contributed by atoms with Crippen LogP contribution in [0.1, 0.15) is 27.2 Å². The molecule has 1 unspecified atom stereocenters. The van der Waals surface area contributed by atoms with E-state index in [0.29, 0.717) is 0 Å². The molecular weight excluding hydrogens is 112 g/mol. The number of aliphatic imine (C=N–C) groups is 1. The SMILES string of the molecule is CC(C)=NC(C)CC=N. The molecule has 0 aromatic carbocycles. The molecule has 0 fully saturated rings. The van der Waals surface area contributed by atoms with E-state index < -0.39 is 0 Å². The van der Waals surface area contributed by atoms with Gasteiger partial charge < -0.3 is 5.41 Å². The maximum Gasteiger partial charge on any atom is 0.0519 e. The Kier molecular flexibility index (Phi) is 3.93. The van der Waals surface area contributed by atoms with Crippen molar-refractivity contribution >= 4 is 11.9 Å². The van der Waals surface area contributed by atoms with Crippen LogP contribution in [0.5, 0.6) is 0 Å². The molecule has 0 aliphatic heterocycles. The lowest BCUT2D eigenvalue weighted by molar-refractivity contribution is 0.785. The smallest absolute Gasteiger partial charge is 0.0519 e. The van der Waals surface area contributed by atoms with E-state index in [9.17, 15) is 0 Å². The lowest BCUT2D eigenvalue weighted by Gasteiger charge is -2.00. The van der Waals surface area contributed by atoms with E-state index in [1.807, 2.05) is 20.8 Å². The van der Waals surface area contributed by atoms with Crippen molar-refractivity contribution < 1.29 is 0 Å². The quantitative estimate of drug-likeness (QED) is 0.561. The van der Waals surface area contributed by atoms with E-state index in [1.165, 1.54) is 6.21 Å². The number of nitrogens with one attached hydrogen (secondary N) is 1. The highest BCUT2D eigenvalue weighted by Gasteiger charge is 1.92. The number of nitrogens with zero attached hydrogens (tertiary/aromatic N) is 1. The normalized spacial score (nSPS) is 12.3. The Morgan fingerprint density at radius 1 is 1.67 bits per heavy atom. The summed E-state index contributed by atoms with van der Waals surface area (Å²) in [5.74, 6) is 0. The molecule has 0 bridgehead atoms. The van der Waals surface area contributed by atoms with Crippen molar-refractivity contribution in [3.05, 3.63) is 0 Å². The molecule has 0 aromatic heterocycles. The zero-order chi connectivity index (χ0) is 7.28. The topological polar surface area (TPSA) is 36.2 Å². The molecular formula is C7H14N2. The van der Waals surface area contributed by atoms with Crippen molar-refractivity contribution in [2.45, 2.75) is 33.2 Å². The predicted octanol–water partition coefficient (Wildman–Crippen LogP) is 1.90. The minimum atomic E-state index is 0.285.